The van der Waals surface area contributed by atoms with Gasteiger partial charge in [-0.1, -0.05) is 13.3 Å². The highest BCUT2D eigenvalue weighted by Gasteiger charge is 2.25. The number of amides is 2. The molecule has 0 aliphatic carbocycles. The third-order valence-electron chi connectivity index (χ3n) is 3.87. The van der Waals surface area contributed by atoms with E-state index in [1.807, 2.05) is 6.92 Å². The molecule has 1 saturated heterocycles. The standard InChI is InChI=1S/C14H27N3O3/c1-4-5-11(10-13(18)19)15-14(20)17-8-6-12(7-9-17)16(2)3/h11-12H,4-10H2,1-3H3,(H,15,20)(H,18,19). The van der Waals surface area contributed by atoms with E-state index in [0.29, 0.717) is 12.5 Å². The fourth-order valence-electron chi connectivity index (χ4n) is 2.64. The second-order valence-corrected chi connectivity index (χ2v) is 5.71. The van der Waals surface area contributed by atoms with Gasteiger partial charge in [0.1, 0.15) is 0 Å². The van der Waals surface area contributed by atoms with Gasteiger partial charge in [-0.25, -0.2) is 4.79 Å². The van der Waals surface area contributed by atoms with Gasteiger partial charge in [0.25, 0.3) is 0 Å². The Labute approximate surface area is 121 Å². The van der Waals surface area contributed by atoms with E-state index >= 15 is 0 Å². The van der Waals surface area contributed by atoms with E-state index in [1.54, 1.807) is 4.90 Å². The summed E-state index contributed by atoms with van der Waals surface area (Å²) in [5, 5.41) is 11.7. The quantitative estimate of drug-likeness (QED) is 0.773. The van der Waals surface area contributed by atoms with E-state index < -0.39 is 5.97 Å². The van der Waals surface area contributed by atoms with Crippen molar-refractivity contribution in [1.82, 2.24) is 15.1 Å². The van der Waals surface area contributed by atoms with Gasteiger partial charge in [0.15, 0.2) is 0 Å². The number of rotatable bonds is 6. The molecule has 0 saturated carbocycles. The maximum absolute atomic E-state index is 12.1. The minimum Gasteiger partial charge on any atom is -0.481 e. The average Bonchev–Trinajstić information content (AvgIpc) is 2.38. The Hall–Kier alpha value is -1.30. The highest BCUT2D eigenvalue weighted by atomic mass is 16.4. The molecule has 1 fully saturated rings. The Morgan fingerprint density at radius 1 is 1.35 bits per heavy atom. The number of carbonyl (C=O) groups is 2. The number of hydrogen-bond donors (Lipinski definition) is 2. The second kappa shape index (κ2) is 8.09. The number of carboxylic acid groups (broad SMARTS) is 1. The molecule has 1 rings (SSSR count). The molecule has 1 atom stereocenters. The topological polar surface area (TPSA) is 72.9 Å². The molecule has 6 nitrogen and oxygen atoms in total. The summed E-state index contributed by atoms with van der Waals surface area (Å²) in [7, 11) is 4.12. The first kappa shape index (κ1) is 16.8. The first-order chi connectivity index (χ1) is 9.43. The lowest BCUT2D eigenvalue weighted by atomic mass is 10.0. The zero-order valence-corrected chi connectivity index (χ0v) is 12.8. The van der Waals surface area contributed by atoms with Crippen LogP contribution in [-0.4, -0.2) is 66.2 Å². The number of carbonyl (C=O) groups excluding carboxylic acids is 1. The van der Waals surface area contributed by atoms with Crippen LogP contribution in [0, 0.1) is 0 Å². The third-order valence-corrected chi connectivity index (χ3v) is 3.87. The molecular formula is C14H27N3O3. The first-order valence-corrected chi connectivity index (χ1v) is 7.37. The van der Waals surface area contributed by atoms with E-state index in [9.17, 15) is 9.59 Å². The van der Waals surface area contributed by atoms with Crippen LogP contribution < -0.4 is 5.32 Å². The Balaban J connectivity index is 2.43. The number of nitrogens with zero attached hydrogens (tertiary/aromatic N) is 2. The van der Waals surface area contributed by atoms with Crippen LogP contribution in [0.1, 0.15) is 39.0 Å². The fourth-order valence-corrected chi connectivity index (χ4v) is 2.64. The summed E-state index contributed by atoms with van der Waals surface area (Å²) in [5.74, 6) is -0.866. The molecule has 1 aliphatic rings. The molecule has 0 aromatic rings. The number of hydrogen-bond acceptors (Lipinski definition) is 3. The van der Waals surface area contributed by atoms with Crippen molar-refractivity contribution in [2.24, 2.45) is 0 Å². The molecule has 0 aromatic heterocycles. The van der Waals surface area contributed by atoms with Crippen molar-refractivity contribution in [3.8, 4) is 0 Å². The van der Waals surface area contributed by atoms with Crippen molar-refractivity contribution >= 4 is 12.0 Å². The molecular weight excluding hydrogens is 258 g/mol. The number of nitrogens with one attached hydrogen (secondary N) is 1. The molecule has 0 aromatic carbocycles. The molecule has 20 heavy (non-hydrogen) atoms. The molecule has 1 heterocycles. The molecule has 2 amide bonds. The van der Waals surface area contributed by atoms with Crippen molar-refractivity contribution in [3.63, 3.8) is 0 Å². The van der Waals surface area contributed by atoms with Crippen molar-refractivity contribution in [1.29, 1.82) is 0 Å². The van der Waals surface area contributed by atoms with E-state index in [2.05, 4.69) is 24.3 Å². The summed E-state index contributed by atoms with van der Waals surface area (Å²) in [6.07, 6.45) is 3.50. The number of likely N-dealkylation sites (tertiary alicyclic amines) is 1. The SMILES string of the molecule is CCCC(CC(=O)O)NC(=O)N1CCC(N(C)C)CC1. The van der Waals surface area contributed by atoms with E-state index in [0.717, 1.165) is 32.4 Å². The first-order valence-electron chi connectivity index (χ1n) is 7.37. The largest absolute Gasteiger partial charge is 0.481 e. The van der Waals surface area contributed by atoms with Gasteiger partial charge in [-0.15, -0.1) is 0 Å². The van der Waals surface area contributed by atoms with Crippen LogP contribution in [0.2, 0.25) is 0 Å². The predicted octanol–water partition coefficient (Wildman–Crippen LogP) is 1.37. The normalized spacial score (nSPS) is 18.1. The van der Waals surface area contributed by atoms with E-state index in [1.165, 1.54) is 0 Å². The highest BCUT2D eigenvalue weighted by Crippen LogP contribution is 2.14. The van der Waals surface area contributed by atoms with Crippen LogP contribution in [-0.2, 0) is 4.79 Å². The molecule has 2 N–H and O–H groups in total. The van der Waals surface area contributed by atoms with Crippen molar-refractivity contribution < 1.29 is 14.7 Å². The summed E-state index contributed by atoms with van der Waals surface area (Å²) < 4.78 is 0. The highest BCUT2D eigenvalue weighted by molar-refractivity contribution is 5.76. The molecule has 116 valence electrons. The minimum atomic E-state index is -0.866. The minimum absolute atomic E-state index is 0.00621. The fraction of sp³-hybridized carbons (Fsp3) is 0.857. The summed E-state index contributed by atoms with van der Waals surface area (Å²) >= 11 is 0. The Morgan fingerprint density at radius 3 is 2.40 bits per heavy atom. The zero-order chi connectivity index (χ0) is 15.1. The number of urea groups is 1. The van der Waals surface area contributed by atoms with E-state index in [4.69, 9.17) is 5.11 Å². The van der Waals surface area contributed by atoms with Gasteiger partial charge in [-0.2, -0.15) is 0 Å². The van der Waals surface area contributed by atoms with Gasteiger partial charge in [-0.3, -0.25) is 4.79 Å². The van der Waals surface area contributed by atoms with E-state index in [-0.39, 0.29) is 18.5 Å². The van der Waals surface area contributed by atoms with Crippen LogP contribution >= 0.6 is 0 Å². The summed E-state index contributed by atoms with van der Waals surface area (Å²) in [6, 6.07) is 0.142. The Bertz CT molecular complexity index is 326. The number of aliphatic carboxylic acids is 1. The second-order valence-electron chi connectivity index (χ2n) is 5.71. The van der Waals surface area contributed by atoms with Crippen LogP contribution in [0.3, 0.4) is 0 Å². The maximum Gasteiger partial charge on any atom is 0.317 e. The molecule has 6 heteroatoms. The number of carboxylic acids is 1. The lowest BCUT2D eigenvalue weighted by Gasteiger charge is -2.35. The monoisotopic (exact) mass is 285 g/mol. The molecule has 0 bridgehead atoms. The summed E-state index contributed by atoms with van der Waals surface area (Å²) in [5.41, 5.74) is 0. The molecule has 0 radical (unpaired) electrons. The average molecular weight is 285 g/mol. The summed E-state index contributed by atoms with van der Waals surface area (Å²) in [4.78, 5) is 26.9. The van der Waals surface area contributed by atoms with Crippen LogP contribution in [0.15, 0.2) is 0 Å². The van der Waals surface area contributed by atoms with Gasteiger partial charge in [0.05, 0.1) is 6.42 Å². The Morgan fingerprint density at radius 2 is 1.95 bits per heavy atom. The maximum atomic E-state index is 12.1. The van der Waals surface area contributed by atoms with Gasteiger partial charge in [-0.05, 0) is 33.4 Å². The lowest BCUT2D eigenvalue weighted by Crippen LogP contribution is -2.50. The smallest absolute Gasteiger partial charge is 0.317 e. The zero-order valence-electron chi connectivity index (χ0n) is 12.8. The molecule has 1 unspecified atom stereocenters. The summed E-state index contributed by atoms with van der Waals surface area (Å²) in [6.45, 7) is 3.46. The van der Waals surface area contributed by atoms with Gasteiger partial charge < -0.3 is 20.2 Å². The van der Waals surface area contributed by atoms with Crippen molar-refractivity contribution in [3.05, 3.63) is 0 Å². The molecule has 0 spiro atoms. The van der Waals surface area contributed by atoms with Crippen LogP contribution in [0.5, 0.6) is 0 Å². The van der Waals surface area contributed by atoms with Crippen LogP contribution in [0.25, 0.3) is 0 Å². The van der Waals surface area contributed by atoms with Crippen molar-refractivity contribution in [2.45, 2.75) is 51.1 Å². The van der Waals surface area contributed by atoms with Crippen LogP contribution in [0.4, 0.5) is 4.79 Å². The lowest BCUT2D eigenvalue weighted by molar-refractivity contribution is -0.137. The number of piperidine rings is 1. The predicted molar refractivity (Wildman–Crippen MR) is 77.8 cm³/mol. The third kappa shape index (κ3) is 5.36. The van der Waals surface area contributed by atoms with Gasteiger partial charge >= 0.3 is 12.0 Å². The van der Waals surface area contributed by atoms with Gasteiger partial charge in [0.2, 0.25) is 0 Å². The van der Waals surface area contributed by atoms with Crippen molar-refractivity contribution in [2.75, 3.05) is 27.2 Å². The van der Waals surface area contributed by atoms with Gasteiger partial charge in [0, 0.05) is 25.2 Å². The molecule has 1 aliphatic heterocycles. The Kier molecular flexibility index (Phi) is 6.78.